The molecular formula is C22H15ClF2N2O3S2. The van der Waals surface area contributed by atoms with E-state index < -0.39 is 27.4 Å². The Balaban J connectivity index is 1.93. The Bertz CT molecular complexity index is 1400. The number of ether oxygens (including phenoxy) is 1. The summed E-state index contributed by atoms with van der Waals surface area (Å²) in [5.74, 6) is -2.19. The van der Waals surface area contributed by atoms with Crippen LogP contribution in [0, 0.1) is 11.6 Å². The van der Waals surface area contributed by atoms with Gasteiger partial charge in [-0.3, -0.25) is 0 Å². The van der Waals surface area contributed by atoms with Gasteiger partial charge in [-0.05, 0) is 30.3 Å². The molecule has 0 aliphatic carbocycles. The van der Waals surface area contributed by atoms with Crippen LogP contribution in [0.25, 0.3) is 32.3 Å². The first-order chi connectivity index (χ1) is 15.2. The molecule has 0 fully saturated rings. The van der Waals surface area contributed by atoms with Crippen LogP contribution in [-0.2, 0) is 10.0 Å². The molecule has 0 spiro atoms. The highest BCUT2D eigenvalue weighted by molar-refractivity contribution is 7.89. The SMILES string of the molecule is COc1c(F)cc(-c2sc(-c3ccccc3Cl)nc2-c2ccc(S(N)(=O)=O)cc2)cc1F. The quantitative estimate of drug-likeness (QED) is 0.385. The number of thiazole rings is 1. The second kappa shape index (κ2) is 8.59. The van der Waals surface area contributed by atoms with Gasteiger partial charge in [-0.25, -0.2) is 27.3 Å². The Hall–Kier alpha value is -2.85. The van der Waals surface area contributed by atoms with Crippen LogP contribution in [0.1, 0.15) is 0 Å². The van der Waals surface area contributed by atoms with Crippen LogP contribution in [0.3, 0.4) is 0 Å². The van der Waals surface area contributed by atoms with Gasteiger partial charge < -0.3 is 4.74 Å². The van der Waals surface area contributed by atoms with E-state index in [1.807, 2.05) is 0 Å². The Labute approximate surface area is 192 Å². The fraction of sp³-hybridized carbons (Fsp3) is 0.0455. The second-order valence-corrected chi connectivity index (χ2v) is 9.69. The zero-order chi connectivity index (χ0) is 23.0. The third-order valence-corrected chi connectivity index (χ3v) is 7.05. The van der Waals surface area contributed by atoms with Gasteiger partial charge in [0.2, 0.25) is 10.0 Å². The number of rotatable bonds is 5. The molecule has 1 heterocycles. The molecule has 0 radical (unpaired) electrons. The molecule has 0 unspecified atom stereocenters. The first-order valence-corrected chi connectivity index (χ1v) is 11.9. The monoisotopic (exact) mass is 492 g/mol. The lowest BCUT2D eigenvalue weighted by atomic mass is 10.1. The van der Waals surface area contributed by atoms with Crippen molar-refractivity contribution in [1.29, 1.82) is 0 Å². The summed E-state index contributed by atoms with van der Waals surface area (Å²) < 4.78 is 56.8. The van der Waals surface area contributed by atoms with Gasteiger partial charge in [-0.1, -0.05) is 41.9 Å². The topological polar surface area (TPSA) is 82.3 Å². The van der Waals surface area contributed by atoms with Crippen LogP contribution >= 0.6 is 22.9 Å². The van der Waals surface area contributed by atoms with Crippen LogP contribution in [-0.4, -0.2) is 20.5 Å². The molecule has 5 nitrogen and oxygen atoms in total. The maximum atomic E-state index is 14.4. The number of methoxy groups -OCH3 is 1. The number of primary sulfonamides is 1. The van der Waals surface area contributed by atoms with E-state index in [-0.39, 0.29) is 10.5 Å². The summed E-state index contributed by atoms with van der Waals surface area (Å²) in [7, 11) is -2.69. The minimum Gasteiger partial charge on any atom is -0.491 e. The lowest BCUT2D eigenvalue weighted by molar-refractivity contribution is 0.360. The zero-order valence-electron chi connectivity index (χ0n) is 16.5. The Morgan fingerprint density at radius 2 is 1.62 bits per heavy atom. The molecule has 10 heteroatoms. The molecule has 4 aromatic rings. The zero-order valence-corrected chi connectivity index (χ0v) is 18.9. The minimum atomic E-state index is -3.87. The largest absolute Gasteiger partial charge is 0.491 e. The molecule has 0 aliphatic heterocycles. The molecular weight excluding hydrogens is 478 g/mol. The minimum absolute atomic E-state index is 0.0640. The van der Waals surface area contributed by atoms with Crippen molar-refractivity contribution in [3.05, 3.63) is 77.3 Å². The normalized spacial score (nSPS) is 11.5. The number of benzene rings is 3. The maximum absolute atomic E-state index is 14.4. The summed E-state index contributed by atoms with van der Waals surface area (Å²) in [6, 6.07) is 15.2. The van der Waals surface area contributed by atoms with Crippen LogP contribution < -0.4 is 9.88 Å². The summed E-state index contributed by atoms with van der Waals surface area (Å²) in [5.41, 5.74) is 1.86. The molecule has 0 amide bonds. The van der Waals surface area contributed by atoms with Crippen LogP contribution in [0.4, 0.5) is 8.78 Å². The van der Waals surface area contributed by atoms with E-state index in [0.29, 0.717) is 31.7 Å². The standard InChI is InChI=1S/C22H15ClF2N2O3S2/c1-30-20-17(24)10-13(11-18(20)25)21-19(12-6-8-14(9-7-12)32(26,28)29)27-22(31-21)15-4-2-3-5-16(15)23/h2-11H,1H3,(H2,26,28,29). The van der Waals surface area contributed by atoms with E-state index in [0.717, 1.165) is 12.1 Å². The highest BCUT2D eigenvalue weighted by Gasteiger charge is 2.21. The van der Waals surface area contributed by atoms with Crippen LogP contribution in [0.2, 0.25) is 5.02 Å². The number of nitrogens with two attached hydrogens (primary N) is 1. The molecule has 4 rings (SSSR count). The van der Waals surface area contributed by atoms with Gasteiger partial charge >= 0.3 is 0 Å². The number of hydrogen-bond donors (Lipinski definition) is 1. The molecule has 0 saturated carbocycles. The summed E-state index contributed by atoms with van der Waals surface area (Å²) in [6.07, 6.45) is 0. The first-order valence-electron chi connectivity index (χ1n) is 9.11. The number of halogens is 3. The highest BCUT2D eigenvalue weighted by atomic mass is 35.5. The van der Waals surface area contributed by atoms with Crippen molar-refractivity contribution in [3.63, 3.8) is 0 Å². The molecule has 0 aliphatic rings. The fourth-order valence-electron chi connectivity index (χ4n) is 3.15. The molecule has 0 bridgehead atoms. The lowest BCUT2D eigenvalue weighted by Gasteiger charge is -2.08. The summed E-state index contributed by atoms with van der Waals surface area (Å²) in [5, 5.41) is 6.18. The van der Waals surface area contributed by atoms with Gasteiger partial charge in [0, 0.05) is 16.7 Å². The second-order valence-electron chi connectivity index (χ2n) is 6.72. The van der Waals surface area contributed by atoms with E-state index in [9.17, 15) is 17.2 Å². The molecule has 1 aromatic heterocycles. The summed E-state index contributed by atoms with van der Waals surface area (Å²) >= 11 is 7.53. The average molecular weight is 493 g/mol. The highest BCUT2D eigenvalue weighted by Crippen LogP contribution is 2.43. The van der Waals surface area contributed by atoms with Crippen molar-refractivity contribution in [2.75, 3.05) is 7.11 Å². The Kier molecular flexibility index (Phi) is 6.00. The van der Waals surface area contributed by atoms with Gasteiger partial charge in [-0.15, -0.1) is 11.3 Å². The van der Waals surface area contributed by atoms with Crippen LogP contribution in [0.15, 0.2) is 65.6 Å². The van der Waals surface area contributed by atoms with E-state index in [1.165, 1.54) is 42.7 Å². The number of aromatic nitrogens is 1. The predicted molar refractivity (Wildman–Crippen MR) is 121 cm³/mol. The average Bonchev–Trinajstić information content (AvgIpc) is 3.18. The Morgan fingerprint density at radius 1 is 1.00 bits per heavy atom. The van der Waals surface area contributed by atoms with Gasteiger partial charge in [0.15, 0.2) is 17.4 Å². The lowest BCUT2D eigenvalue weighted by Crippen LogP contribution is -2.11. The molecule has 2 N–H and O–H groups in total. The molecule has 32 heavy (non-hydrogen) atoms. The fourth-order valence-corrected chi connectivity index (χ4v) is 5.06. The van der Waals surface area contributed by atoms with Crippen molar-refractivity contribution in [1.82, 2.24) is 4.98 Å². The van der Waals surface area contributed by atoms with E-state index in [2.05, 4.69) is 4.98 Å². The molecule has 0 atom stereocenters. The first kappa shape index (κ1) is 22.3. The Morgan fingerprint density at radius 3 is 2.19 bits per heavy atom. The van der Waals surface area contributed by atoms with Crippen molar-refractivity contribution < 1.29 is 21.9 Å². The number of hydrogen-bond acceptors (Lipinski definition) is 5. The third-order valence-electron chi connectivity index (χ3n) is 4.65. The van der Waals surface area contributed by atoms with E-state index >= 15 is 0 Å². The van der Waals surface area contributed by atoms with Gasteiger partial charge in [0.1, 0.15) is 5.01 Å². The van der Waals surface area contributed by atoms with Crippen molar-refractivity contribution in [3.8, 4) is 38.0 Å². The number of sulfonamides is 1. The maximum Gasteiger partial charge on any atom is 0.238 e. The number of nitrogens with zero attached hydrogens (tertiary/aromatic N) is 1. The summed E-state index contributed by atoms with van der Waals surface area (Å²) in [4.78, 5) is 5.07. The summed E-state index contributed by atoms with van der Waals surface area (Å²) in [6.45, 7) is 0. The van der Waals surface area contributed by atoms with Gasteiger partial charge in [0.25, 0.3) is 0 Å². The van der Waals surface area contributed by atoms with E-state index in [1.54, 1.807) is 24.3 Å². The van der Waals surface area contributed by atoms with Crippen molar-refractivity contribution in [2.45, 2.75) is 4.90 Å². The van der Waals surface area contributed by atoms with Crippen LogP contribution in [0.5, 0.6) is 5.75 Å². The van der Waals surface area contributed by atoms with Gasteiger partial charge in [0.05, 0.1) is 27.6 Å². The molecule has 3 aromatic carbocycles. The molecule has 164 valence electrons. The van der Waals surface area contributed by atoms with Crippen molar-refractivity contribution in [2.24, 2.45) is 5.14 Å². The smallest absolute Gasteiger partial charge is 0.238 e. The van der Waals surface area contributed by atoms with Gasteiger partial charge in [-0.2, -0.15) is 0 Å². The van der Waals surface area contributed by atoms with E-state index in [4.69, 9.17) is 21.5 Å². The third kappa shape index (κ3) is 4.24. The predicted octanol–water partition coefficient (Wildman–Crippen LogP) is 5.73. The van der Waals surface area contributed by atoms with Crippen molar-refractivity contribution >= 4 is 33.0 Å². The molecule has 0 saturated heterocycles.